The van der Waals surface area contributed by atoms with Crippen LogP contribution in [0.4, 0.5) is 0 Å². The van der Waals surface area contributed by atoms with Crippen LogP contribution in [0.25, 0.3) is 11.0 Å². The van der Waals surface area contributed by atoms with Crippen LogP contribution in [-0.4, -0.2) is 22.8 Å². The van der Waals surface area contributed by atoms with Gasteiger partial charge in [-0.2, -0.15) is 0 Å². The zero-order valence-electron chi connectivity index (χ0n) is 10.8. The number of rotatable bonds is 2. The van der Waals surface area contributed by atoms with Crippen molar-refractivity contribution >= 4 is 38.6 Å². The molecule has 1 aromatic carbocycles. The molecule has 1 aliphatic heterocycles. The molecule has 0 saturated carbocycles. The van der Waals surface area contributed by atoms with Gasteiger partial charge in [0, 0.05) is 23.2 Å². The number of alkyl halides is 1. The number of nitrogens with zero attached hydrogens (tertiary/aromatic N) is 2. The summed E-state index contributed by atoms with van der Waals surface area (Å²) in [6.07, 6.45) is 2.00. The topological polar surface area (TPSA) is 27.1 Å². The van der Waals surface area contributed by atoms with Crippen LogP contribution in [0, 0.1) is 0 Å². The van der Waals surface area contributed by atoms with Gasteiger partial charge in [0.25, 0.3) is 0 Å². The van der Waals surface area contributed by atoms with E-state index in [2.05, 4.69) is 44.5 Å². The van der Waals surface area contributed by atoms with Crippen LogP contribution in [0.15, 0.2) is 22.7 Å². The second-order valence-corrected chi connectivity index (χ2v) is 6.42. The Morgan fingerprint density at radius 3 is 2.84 bits per heavy atom. The van der Waals surface area contributed by atoms with Crippen LogP contribution in [0.1, 0.15) is 25.6 Å². The zero-order valence-corrected chi connectivity index (χ0v) is 13.2. The van der Waals surface area contributed by atoms with E-state index in [1.807, 2.05) is 6.07 Å². The molecule has 102 valence electrons. The van der Waals surface area contributed by atoms with Gasteiger partial charge < -0.3 is 9.30 Å². The molecule has 0 spiro atoms. The molecule has 0 bridgehead atoms. The molecular weight excluding hydrogens is 328 g/mol. The number of halogens is 2. The maximum Gasteiger partial charge on any atom is 0.125 e. The highest BCUT2D eigenvalue weighted by molar-refractivity contribution is 9.10. The Balaban J connectivity index is 2.20. The first-order valence-electron chi connectivity index (χ1n) is 6.45. The third kappa shape index (κ3) is 2.30. The minimum Gasteiger partial charge on any atom is -0.381 e. The van der Waals surface area contributed by atoms with Gasteiger partial charge in [0.15, 0.2) is 0 Å². The molecule has 1 aliphatic rings. The molecule has 0 amide bonds. The quantitative estimate of drug-likeness (QED) is 0.769. The Hall–Kier alpha value is -0.580. The van der Waals surface area contributed by atoms with Crippen molar-refractivity contribution in [3.05, 3.63) is 28.5 Å². The third-order valence-electron chi connectivity index (χ3n) is 3.92. The summed E-state index contributed by atoms with van der Waals surface area (Å²) in [7, 11) is 0. The Morgan fingerprint density at radius 2 is 2.16 bits per heavy atom. The van der Waals surface area contributed by atoms with E-state index in [1.165, 1.54) is 0 Å². The van der Waals surface area contributed by atoms with Crippen LogP contribution < -0.4 is 0 Å². The average Bonchev–Trinajstić information content (AvgIpc) is 2.77. The Bertz CT molecular complexity index is 605. The van der Waals surface area contributed by atoms with Crippen molar-refractivity contribution in [3.8, 4) is 0 Å². The second-order valence-electron chi connectivity index (χ2n) is 5.24. The summed E-state index contributed by atoms with van der Waals surface area (Å²) in [6.45, 7) is 3.87. The molecule has 2 heterocycles. The van der Waals surface area contributed by atoms with Crippen molar-refractivity contribution in [1.82, 2.24) is 9.55 Å². The highest BCUT2D eigenvalue weighted by Crippen LogP contribution is 2.34. The number of hydrogen-bond donors (Lipinski definition) is 0. The van der Waals surface area contributed by atoms with E-state index in [0.717, 1.165) is 47.4 Å². The molecule has 5 heteroatoms. The molecule has 0 aliphatic carbocycles. The predicted octanol–water partition coefficient (Wildman–Crippen LogP) is 4.06. The molecule has 3 nitrogen and oxygen atoms in total. The summed E-state index contributed by atoms with van der Waals surface area (Å²) in [4.78, 5) is 4.67. The van der Waals surface area contributed by atoms with Gasteiger partial charge in [-0.3, -0.25) is 0 Å². The minimum atomic E-state index is 0.0467. The first-order valence-corrected chi connectivity index (χ1v) is 7.78. The number of aromatic nitrogens is 2. The van der Waals surface area contributed by atoms with Gasteiger partial charge in [0.05, 0.1) is 16.9 Å². The van der Waals surface area contributed by atoms with Crippen molar-refractivity contribution in [3.63, 3.8) is 0 Å². The molecule has 1 saturated heterocycles. The second kappa shape index (κ2) is 5.08. The normalized spacial score (nSPS) is 18.9. The third-order valence-corrected chi connectivity index (χ3v) is 4.65. The van der Waals surface area contributed by atoms with Gasteiger partial charge in [-0.05, 0) is 38.0 Å². The number of imidazole rings is 1. The van der Waals surface area contributed by atoms with Crippen molar-refractivity contribution in [1.29, 1.82) is 0 Å². The average molecular weight is 344 g/mol. The van der Waals surface area contributed by atoms with Gasteiger partial charge in [-0.1, -0.05) is 15.9 Å². The Kier molecular flexibility index (Phi) is 3.58. The predicted molar refractivity (Wildman–Crippen MR) is 80.7 cm³/mol. The zero-order chi connectivity index (χ0) is 13.5. The maximum atomic E-state index is 6.10. The van der Waals surface area contributed by atoms with Crippen LogP contribution >= 0.6 is 27.5 Å². The number of ether oxygens (including phenoxy) is 1. The van der Waals surface area contributed by atoms with Crippen LogP contribution in [0.5, 0.6) is 0 Å². The van der Waals surface area contributed by atoms with Gasteiger partial charge >= 0.3 is 0 Å². The van der Waals surface area contributed by atoms with Crippen molar-refractivity contribution in [2.45, 2.75) is 31.2 Å². The molecule has 19 heavy (non-hydrogen) atoms. The first kappa shape index (κ1) is 13.4. The van der Waals surface area contributed by atoms with Crippen LogP contribution in [0.2, 0.25) is 0 Å². The summed E-state index contributed by atoms with van der Waals surface area (Å²) in [6, 6.07) is 6.22. The standard InChI is InChI=1S/C14H16BrClN2O/c1-14(4-6-19-7-5-14)18-12-3-2-10(15)8-11(12)17-13(18)9-16/h2-3,8H,4-7,9H2,1H3. The Labute approximate surface area is 126 Å². The van der Waals surface area contributed by atoms with Crippen molar-refractivity contribution in [2.24, 2.45) is 0 Å². The lowest BCUT2D eigenvalue weighted by Gasteiger charge is -2.36. The smallest absolute Gasteiger partial charge is 0.125 e. The van der Waals surface area contributed by atoms with E-state index in [-0.39, 0.29) is 5.54 Å². The van der Waals surface area contributed by atoms with E-state index in [4.69, 9.17) is 16.3 Å². The van der Waals surface area contributed by atoms with Gasteiger partial charge in [0.1, 0.15) is 5.82 Å². The Morgan fingerprint density at radius 1 is 1.42 bits per heavy atom. The minimum absolute atomic E-state index is 0.0467. The fourth-order valence-corrected chi connectivity index (χ4v) is 3.36. The molecule has 1 fully saturated rings. The summed E-state index contributed by atoms with van der Waals surface area (Å²) in [5, 5.41) is 0. The summed E-state index contributed by atoms with van der Waals surface area (Å²) >= 11 is 9.59. The lowest BCUT2D eigenvalue weighted by Crippen LogP contribution is -2.37. The highest BCUT2D eigenvalue weighted by Gasteiger charge is 2.32. The number of benzene rings is 1. The molecule has 0 radical (unpaired) electrons. The molecular formula is C14H16BrClN2O. The monoisotopic (exact) mass is 342 g/mol. The first-order chi connectivity index (χ1) is 9.14. The van der Waals surface area contributed by atoms with E-state index in [9.17, 15) is 0 Å². The van der Waals surface area contributed by atoms with Gasteiger partial charge in [-0.25, -0.2) is 4.98 Å². The molecule has 0 N–H and O–H groups in total. The number of hydrogen-bond acceptors (Lipinski definition) is 2. The van der Waals surface area contributed by atoms with Gasteiger partial charge in [0.2, 0.25) is 0 Å². The SMILES string of the molecule is CC1(n2c(CCl)nc3cc(Br)ccc32)CCOCC1. The molecule has 1 aromatic heterocycles. The summed E-state index contributed by atoms with van der Waals surface area (Å²) in [5.74, 6) is 1.38. The van der Waals surface area contributed by atoms with Gasteiger partial charge in [-0.15, -0.1) is 11.6 Å². The molecule has 0 unspecified atom stereocenters. The maximum absolute atomic E-state index is 6.10. The fourth-order valence-electron chi connectivity index (χ4n) is 2.83. The lowest BCUT2D eigenvalue weighted by atomic mass is 9.91. The summed E-state index contributed by atoms with van der Waals surface area (Å²) in [5.41, 5.74) is 2.20. The number of fused-ring (bicyclic) bond motifs is 1. The van der Waals surface area contributed by atoms with Crippen LogP contribution in [0.3, 0.4) is 0 Å². The summed E-state index contributed by atoms with van der Waals surface area (Å²) < 4.78 is 8.85. The molecule has 2 aromatic rings. The van der Waals surface area contributed by atoms with E-state index in [0.29, 0.717) is 5.88 Å². The van der Waals surface area contributed by atoms with E-state index < -0.39 is 0 Å². The highest BCUT2D eigenvalue weighted by atomic mass is 79.9. The van der Waals surface area contributed by atoms with E-state index >= 15 is 0 Å². The van der Waals surface area contributed by atoms with Crippen molar-refractivity contribution < 1.29 is 4.74 Å². The largest absolute Gasteiger partial charge is 0.381 e. The van der Waals surface area contributed by atoms with Crippen molar-refractivity contribution in [2.75, 3.05) is 13.2 Å². The van der Waals surface area contributed by atoms with Crippen LogP contribution in [-0.2, 0) is 16.2 Å². The fraction of sp³-hybridized carbons (Fsp3) is 0.500. The van der Waals surface area contributed by atoms with E-state index in [1.54, 1.807) is 0 Å². The lowest BCUT2D eigenvalue weighted by molar-refractivity contribution is 0.0303. The molecule has 3 rings (SSSR count). The molecule has 0 atom stereocenters.